The van der Waals surface area contributed by atoms with Crippen LogP contribution >= 0.6 is 0 Å². The SMILES string of the molecule is C1=Cc2c(-c3ccccc3)nnc(-c3c(-c4nnc(-c5ccccc5)c5ccccc45)c(-c4nnc(-c5ccccc5)c5ccccc45)c(-c4nnc(-c5ccccc5)c5c4CCC=C5)c(-c4nnc(-c5ccccc5)c5ccccc45)c3-c3nnc(-c4ccccc4)c4ccccc34)c2CC1. The average Bonchev–Trinajstić information content (AvgIpc) is 0.691. The maximum Gasteiger partial charge on any atom is 0.102 e. The summed E-state index contributed by atoms with van der Waals surface area (Å²) < 4.78 is 0. The van der Waals surface area contributed by atoms with Crippen molar-refractivity contribution in [2.45, 2.75) is 25.7 Å². The quantitative estimate of drug-likeness (QED) is 0.114. The van der Waals surface area contributed by atoms with Crippen LogP contribution in [-0.4, -0.2) is 61.2 Å². The van der Waals surface area contributed by atoms with E-state index in [1.54, 1.807) is 0 Å². The molecule has 6 heterocycles. The van der Waals surface area contributed by atoms with Gasteiger partial charge in [-0.05, 0) is 36.8 Å². The molecule has 0 aliphatic heterocycles. The van der Waals surface area contributed by atoms with Gasteiger partial charge in [0.1, 0.15) is 56.9 Å². The van der Waals surface area contributed by atoms with Crippen molar-refractivity contribution in [3.8, 4) is 135 Å². The minimum absolute atomic E-state index is 0.549. The molecule has 0 fully saturated rings. The summed E-state index contributed by atoms with van der Waals surface area (Å²) in [6, 6.07) is 95.6. The molecule has 0 N–H and O–H groups in total. The van der Waals surface area contributed by atoms with Gasteiger partial charge in [-0.3, -0.25) is 0 Å². The molecule has 11 aromatic carbocycles. The van der Waals surface area contributed by atoms with Crippen molar-refractivity contribution in [2.75, 3.05) is 0 Å². The topological polar surface area (TPSA) is 155 Å². The molecule has 12 heteroatoms. The van der Waals surface area contributed by atoms with Crippen LogP contribution < -0.4 is 0 Å². The van der Waals surface area contributed by atoms with E-state index in [1.165, 1.54) is 0 Å². The van der Waals surface area contributed by atoms with E-state index in [4.69, 9.17) is 61.2 Å². The van der Waals surface area contributed by atoms with Crippen LogP contribution in [-0.2, 0) is 12.8 Å². The molecule has 0 atom stereocenters. The average molecular weight is 1310 g/mol. The fourth-order valence-electron chi connectivity index (χ4n) is 15.3. The lowest BCUT2D eigenvalue weighted by molar-refractivity contribution is 0.932. The van der Waals surface area contributed by atoms with Gasteiger partial charge in [-0.25, -0.2) is 0 Å². The monoisotopic (exact) mass is 1310 g/mol. The van der Waals surface area contributed by atoms with Gasteiger partial charge in [0, 0.05) is 121 Å². The molecule has 478 valence electrons. The van der Waals surface area contributed by atoms with Crippen LogP contribution in [0.15, 0.2) is 291 Å². The number of hydrogen-bond acceptors (Lipinski definition) is 12. The molecule has 0 saturated carbocycles. The standard InChI is InChI=1S/C90H58N12/c1-7-31-55(32-8-1)79-61-43-19-25-49-67(61)85(97-91-79)73-74(86-68-50-26-20-44-62(68)80(92-98-86)56-33-9-2-10-34-56)76(88-70-52-28-22-46-64(70)82(94-100-88)58-37-13-4-14-38-58)78(90-72-54-30-24-48-66(72)84(96-102-90)60-41-17-6-18-42-60)77(89-71-53-29-23-47-65(71)83(95-101-89)59-39-15-5-16-40-59)75(73)87-69-51-27-21-45-63(69)81(93-99-87)57-35-11-3-12-36-57/h1-26,29-50,53-54H,27-28,51-52H2. The second kappa shape index (κ2) is 25.4. The third kappa shape index (κ3) is 10.1. The normalized spacial score (nSPS) is 12.5. The molecule has 0 bridgehead atoms. The number of rotatable bonds is 12. The molecule has 12 nitrogen and oxygen atoms in total. The highest BCUT2D eigenvalue weighted by Gasteiger charge is 2.39. The fraction of sp³-hybridized carbons (Fsp3) is 0.0444. The van der Waals surface area contributed by atoms with Gasteiger partial charge in [-0.15, -0.1) is 61.2 Å². The molecular weight excluding hydrogens is 1250 g/mol. The first-order valence-corrected chi connectivity index (χ1v) is 34.4. The summed E-state index contributed by atoms with van der Waals surface area (Å²) in [6.45, 7) is 0. The van der Waals surface area contributed by atoms with Crippen molar-refractivity contribution in [3.63, 3.8) is 0 Å². The van der Waals surface area contributed by atoms with Crippen LogP contribution in [0.25, 0.3) is 190 Å². The molecule has 0 unspecified atom stereocenters. The van der Waals surface area contributed by atoms with E-state index in [9.17, 15) is 0 Å². The van der Waals surface area contributed by atoms with Gasteiger partial charge in [0.05, 0.1) is 11.4 Å². The number of allylic oxidation sites excluding steroid dienone is 2. The van der Waals surface area contributed by atoms with Gasteiger partial charge in [-0.2, -0.15) is 0 Å². The van der Waals surface area contributed by atoms with Gasteiger partial charge < -0.3 is 0 Å². The van der Waals surface area contributed by atoms with Crippen LogP contribution in [0.2, 0.25) is 0 Å². The lowest BCUT2D eigenvalue weighted by atomic mass is 9.75. The summed E-state index contributed by atoms with van der Waals surface area (Å²) in [4.78, 5) is 0. The summed E-state index contributed by atoms with van der Waals surface area (Å²) in [5.74, 6) is 0. The summed E-state index contributed by atoms with van der Waals surface area (Å²) in [7, 11) is 0. The zero-order valence-corrected chi connectivity index (χ0v) is 55.1. The van der Waals surface area contributed by atoms with Crippen LogP contribution in [0.4, 0.5) is 0 Å². The molecule has 0 radical (unpaired) electrons. The van der Waals surface area contributed by atoms with Crippen LogP contribution in [0.5, 0.6) is 0 Å². The van der Waals surface area contributed by atoms with Gasteiger partial charge in [0.25, 0.3) is 0 Å². The molecule has 102 heavy (non-hydrogen) atoms. The van der Waals surface area contributed by atoms with Crippen molar-refractivity contribution in [1.82, 2.24) is 61.2 Å². The Morgan fingerprint density at radius 2 is 0.343 bits per heavy atom. The van der Waals surface area contributed by atoms with Crippen molar-refractivity contribution in [1.29, 1.82) is 0 Å². The zero-order chi connectivity index (χ0) is 67.5. The highest BCUT2D eigenvalue weighted by molar-refractivity contribution is 6.23. The first-order valence-electron chi connectivity index (χ1n) is 34.4. The first kappa shape index (κ1) is 59.7. The van der Waals surface area contributed by atoms with Crippen LogP contribution in [0, 0.1) is 0 Å². The first-order chi connectivity index (χ1) is 50.7. The number of hydrogen-bond donors (Lipinski definition) is 0. The molecule has 0 amide bonds. The maximum atomic E-state index is 5.73. The number of fused-ring (bicyclic) bond motifs is 6. The van der Waals surface area contributed by atoms with E-state index in [0.717, 1.165) is 146 Å². The minimum Gasteiger partial charge on any atom is -0.150 e. The Balaban J connectivity index is 1.12. The summed E-state index contributed by atoms with van der Waals surface area (Å²) in [5, 5.41) is 73.7. The molecule has 6 aromatic heterocycles. The summed E-state index contributed by atoms with van der Waals surface area (Å²) >= 11 is 0. The van der Waals surface area contributed by atoms with E-state index in [1.807, 2.05) is 84.9 Å². The molecule has 0 saturated heterocycles. The second-order valence-corrected chi connectivity index (χ2v) is 25.7. The largest absolute Gasteiger partial charge is 0.150 e. The molecule has 19 rings (SSSR count). The third-order valence-electron chi connectivity index (χ3n) is 19.9. The Morgan fingerprint density at radius 1 is 0.167 bits per heavy atom. The highest BCUT2D eigenvalue weighted by Crippen LogP contribution is 2.59. The van der Waals surface area contributed by atoms with Gasteiger partial charge in [0.2, 0.25) is 0 Å². The van der Waals surface area contributed by atoms with Gasteiger partial charge >= 0.3 is 0 Å². The molecule has 0 spiro atoms. The Bertz CT molecular complexity index is 5580. The fourth-order valence-corrected chi connectivity index (χ4v) is 15.3. The van der Waals surface area contributed by atoms with Crippen molar-refractivity contribution in [2.24, 2.45) is 0 Å². The van der Waals surface area contributed by atoms with E-state index in [0.29, 0.717) is 80.4 Å². The molecule has 17 aromatic rings. The maximum absolute atomic E-state index is 5.73. The number of benzene rings is 11. The summed E-state index contributed by atoms with van der Waals surface area (Å²) in [6.07, 6.45) is 11.6. The number of aromatic nitrogens is 12. The van der Waals surface area contributed by atoms with Crippen LogP contribution in [0.3, 0.4) is 0 Å². The van der Waals surface area contributed by atoms with Crippen molar-refractivity contribution >= 4 is 55.2 Å². The van der Waals surface area contributed by atoms with Gasteiger partial charge in [-0.1, -0.05) is 303 Å². The molecule has 2 aliphatic carbocycles. The summed E-state index contributed by atoms with van der Waals surface area (Å²) in [5.41, 5.74) is 21.1. The van der Waals surface area contributed by atoms with E-state index < -0.39 is 0 Å². The highest BCUT2D eigenvalue weighted by atomic mass is 15.2. The van der Waals surface area contributed by atoms with E-state index in [2.05, 4.69) is 218 Å². The number of nitrogens with zero attached hydrogens (tertiary/aromatic N) is 12. The Hall–Kier alpha value is -13.6. The van der Waals surface area contributed by atoms with Crippen molar-refractivity contribution < 1.29 is 0 Å². The third-order valence-corrected chi connectivity index (χ3v) is 19.9. The van der Waals surface area contributed by atoms with Crippen molar-refractivity contribution in [3.05, 3.63) is 313 Å². The Morgan fingerprint density at radius 3 is 0.588 bits per heavy atom. The lowest BCUT2D eigenvalue weighted by Crippen LogP contribution is -2.13. The Kier molecular flexibility index (Phi) is 14.8. The zero-order valence-electron chi connectivity index (χ0n) is 55.1. The van der Waals surface area contributed by atoms with E-state index >= 15 is 0 Å². The minimum atomic E-state index is 0.549. The predicted octanol–water partition coefficient (Wildman–Crippen LogP) is 21.0. The Labute approximate surface area is 587 Å². The smallest absolute Gasteiger partial charge is 0.102 e. The lowest BCUT2D eigenvalue weighted by Gasteiger charge is -2.30. The predicted molar refractivity (Wildman–Crippen MR) is 410 cm³/mol. The van der Waals surface area contributed by atoms with Gasteiger partial charge in [0.15, 0.2) is 0 Å². The van der Waals surface area contributed by atoms with E-state index in [-0.39, 0.29) is 0 Å². The molecule has 2 aliphatic rings. The van der Waals surface area contributed by atoms with Crippen LogP contribution in [0.1, 0.15) is 35.1 Å². The molecular formula is C90H58N12. The second-order valence-electron chi connectivity index (χ2n) is 25.7.